The Morgan fingerprint density at radius 3 is 2.45 bits per heavy atom. The van der Waals surface area contributed by atoms with Crippen LogP contribution in [0.15, 0.2) is 87.8 Å². The third-order valence-corrected chi connectivity index (χ3v) is 6.31. The molecule has 0 atom stereocenters. The predicted octanol–water partition coefficient (Wildman–Crippen LogP) is 5.38. The maximum atomic E-state index is 12.4. The minimum atomic E-state index is -0.243. The minimum absolute atomic E-state index is 0.124. The Hall–Kier alpha value is -3.01. The van der Waals surface area contributed by atoms with Crippen LogP contribution in [0.4, 0.5) is 0 Å². The molecule has 0 bridgehead atoms. The first-order chi connectivity index (χ1) is 16.0. The van der Waals surface area contributed by atoms with Crippen LogP contribution in [0.2, 0.25) is 5.02 Å². The van der Waals surface area contributed by atoms with Gasteiger partial charge in [0.05, 0.1) is 11.5 Å². The van der Waals surface area contributed by atoms with Crippen LogP contribution in [-0.2, 0) is 4.79 Å². The van der Waals surface area contributed by atoms with E-state index in [9.17, 15) is 4.79 Å². The zero-order valence-electron chi connectivity index (χ0n) is 17.4. The van der Waals surface area contributed by atoms with Gasteiger partial charge in [0.1, 0.15) is 0 Å². The highest BCUT2D eigenvalue weighted by Gasteiger charge is 2.17. The molecule has 0 fully saturated rings. The van der Waals surface area contributed by atoms with Gasteiger partial charge >= 0.3 is 0 Å². The van der Waals surface area contributed by atoms with Gasteiger partial charge in [0.25, 0.3) is 5.91 Å². The fourth-order valence-corrected chi connectivity index (χ4v) is 4.07. The zero-order chi connectivity index (χ0) is 23.2. The van der Waals surface area contributed by atoms with E-state index in [1.54, 1.807) is 24.5 Å². The molecule has 0 aliphatic rings. The van der Waals surface area contributed by atoms with Gasteiger partial charge in [0.15, 0.2) is 11.0 Å². The fraction of sp³-hybridized carbons (Fsp3) is 0.0870. The molecule has 7 nitrogen and oxygen atoms in total. The van der Waals surface area contributed by atoms with Crippen molar-refractivity contribution in [2.45, 2.75) is 12.1 Å². The molecule has 33 heavy (non-hydrogen) atoms. The molecule has 1 amide bonds. The summed E-state index contributed by atoms with van der Waals surface area (Å²) in [6.07, 6.45) is 3.39. The number of nitrogens with zero attached hydrogens (tertiary/aromatic N) is 5. The van der Waals surface area contributed by atoms with Gasteiger partial charge in [0.2, 0.25) is 0 Å². The van der Waals surface area contributed by atoms with Gasteiger partial charge in [-0.15, -0.1) is 10.2 Å². The number of hydrazone groups is 1. The molecule has 2 heterocycles. The van der Waals surface area contributed by atoms with Crippen molar-refractivity contribution in [2.75, 3.05) is 5.75 Å². The molecule has 2 aromatic heterocycles. The number of rotatable bonds is 7. The summed E-state index contributed by atoms with van der Waals surface area (Å²) in [4.78, 5) is 16.5. The number of thioether (sulfide) groups is 1. The van der Waals surface area contributed by atoms with E-state index in [2.05, 4.69) is 41.6 Å². The number of hydrogen-bond donors (Lipinski definition) is 1. The summed E-state index contributed by atoms with van der Waals surface area (Å²) >= 11 is 10.7. The fourth-order valence-electron chi connectivity index (χ4n) is 2.94. The molecular formula is C23H18BrClN6OS. The Bertz CT molecular complexity index is 1280. The summed E-state index contributed by atoms with van der Waals surface area (Å²) < 4.78 is 2.87. The highest BCUT2D eigenvalue weighted by molar-refractivity contribution is 9.10. The van der Waals surface area contributed by atoms with Crippen molar-refractivity contribution in [1.29, 1.82) is 0 Å². The summed E-state index contributed by atoms with van der Waals surface area (Å²) in [6.45, 7) is 1.84. The second-order valence-electron chi connectivity index (χ2n) is 6.88. The van der Waals surface area contributed by atoms with E-state index < -0.39 is 0 Å². The van der Waals surface area contributed by atoms with Gasteiger partial charge in [-0.3, -0.25) is 14.3 Å². The summed E-state index contributed by atoms with van der Waals surface area (Å²) in [6, 6.07) is 18.8. The van der Waals surface area contributed by atoms with Crippen LogP contribution in [0.1, 0.15) is 12.5 Å². The third-order valence-electron chi connectivity index (χ3n) is 4.60. The van der Waals surface area contributed by atoms with Gasteiger partial charge in [-0.05, 0) is 61.0 Å². The molecule has 0 radical (unpaired) electrons. The Kier molecular flexibility index (Phi) is 7.54. The molecule has 0 unspecified atom stereocenters. The molecule has 10 heteroatoms. The Balaban J connectivity index is 1.51. The van der Waals surface area contributed by atoms with Crippen LogP contribution < -0.4 is 5.43 Å². The second kappa shape index (κ2) is 10.7. The highest BCUT2D eigenvalue weighted by atomic mass is 79.9. The summed E-state index contributed by atoms with van der Waals surface area (Å²) in [5.74, 6) is 0.526. The molecule has 0 aliphatic heterocycles. The van der Waals surface area contributed by atoms with Crippen LogP contribution in [0.25, 0.3) is 17.1 Å². The van der Waals surface area contributed by atoms with E-state index in [0.29, 0.717) is 21.7 Å². The molecule has 4 aromatic rings. The molecule has 1 N–H and O–H groups in total. The number of amides is 1. The average Bonchev–Trinajstić information content (AvgIpc) is 3.26. The molecule has 0 aliphatic carbocycles. The zero-order valence-corrected chi connectivity index (χ0v) is 20.6. The van der Waals surface area contributed by atoms with E-state index in [-0.39, 0.29) is 11.7 Å². The Morgan fingerprint density at radius 2 is 1.76 bits per heavy atom. The lowest BCUT2D eigenvalue weighted by molar-refractivity contribution is -0.118. The molecule has 0 spiro atoms. The number of nitrogens with one attached hydrogen (secondary N) is 1. The predicted molar refractivity (Wildman–Crippen MR) is 135 cm³/mol. The third kappa shape index (κ3) is 5.87. The first-order valence-corrected chi connectivity index (χ1v) is 12.0. The normalized spacial score (nSPS) is 11.4. The van der Waals surface area contributed by atoms with E-state index in [0.717, 1.165) is 21.3 Å². The van der Waals surface area contributed by atoms with Crippen LogP contribution in [-0.4, -0.2) is 37.1 Å². The van der Waals surface area contributed by atoms with Crippen molar-refractivity contribution < 1.29 is 4.79 Å². The number of carbonyl (C=O) groups excluding carboxylic acids is 1. The van der Waals surface area contributed by atoms with E-state index in [1.807, 2.05) is 60.0 Å². The first kappa shape index (κ1) is 23.2. The van der Waals surface area contributed by atoms with Crippen LogP contribution in [0, 0.1) is 0 Å². The lowest BCUT2D eigenvalue weighted by Gasteiger charge is -2.10. The summed E-state index contributed by atoms with van der Waals surface area (Å²) in [7, 11) is 0. The molecule has 4 rings (SSSR count). The van der Waals surface area contributed by atoms with Crippen molar-refractivity contribution >= 4 is 50.9 Å². The highest BCUT2D eigenvalue weighted by Crippen LogP contribution is 2.28. The van der Waals surface area contributed by atoms with Crippen molar-refractivity contribution in [3.63, 3.8) is 0 Å². The number of benzene rings is 2. The number of hydrogen-bond acceptors (Lipinski definition) is 6. The number of pyridine rings is 1. The molecular weight excluding hydrogens is 524 g/mol. The largest absolute Gasteiger partial charge is 0.272 e. The minimum Gasteiger partial charge on any atom is -0.272 e. The molecule has 2 aromatic carbocycles. The van der Waals surface area contributed by atoms with Gasteiger partial charge in [0, 0.05) is 33.1 Å². The lowest BCUT2D eigenvalue weighted by atomic mass is 10.1. The van der Waals surface area contributed by atoms with E-state index >= 15 is 0 Å². The maximum Gasteiger partial charge on any atom is 0.250 e. The van der Waals surface area contributed by atoms with Gasteiger partial charge in [-0.25, -0.2) is 5.43 Å². The van der Waals surface area contributed by atoms with Crippen molar-refractivity contribution in [3.8, 4) is 17.1 Å². The van der Waals surface area contributed by atoms with E-state index in [4.69, 9.17) is 11.6 Å². The molecule has 0 saturated carbocycles. The maximum absolute atomic E-state index is 12.4. The van der Waals surface area contributed by atoms with Crippen LogP contribution >= 0.6 is 39.3 Å². The smallest absolute Gasteiger partial charge is 0.250 e. The quantitative estimate of drug-likeness (QED) is 0.193. The number of carbonyl (C=O) groups is 1. The average molecular weight is 542 g/mol. The number of halogens is 2. The van der Waals surface area contributed by atoms with Crippen molar-refractivity contribution in [3.05, 3.63) is 88.1 Å². The van der Waals surface area contributed by atoms with Crippen LogP contribution in [0.5, 0.6) is 0 Å². The van der Waals surface area contributed by atoms with Gasteiger partial charge in [-0.1, -0.05) is 51.4 Å². The topological polar surface area (TPSA) is 85.1 Å². The molecule has 166 valence electrons. The SMILES string of the molecule is C/C(=N/NC(=O)CSc1nnc(-c2ccncc2)n1-c1ccc(Cl)cc1)c1ccc(Br)cc1. The van der Waals surface area contributed by atoms with Gasteiger partial charge < -0.3 is 0 Å². The molecule has 0 saturated heterocycles. The lowest BCUT2D eigenvalue weighted by Crippen LogP contribution is -2.21. The Morgan fingerprint density at radius 1 is 1.06 bits per heavy atom. The Labute approximate surface area is 208 Å². The second-order valence-corrected chi connectivity index (χ2v) is 9.18. The monoisotopic (exact) mass is 540 g/mol. The standard InChI is InChI=1S/C23H18BrClN6OS/c1-15(16-2-4-18(24)5-3-16)27-28-21(32)14-33-23-30-29-22(17-10-12-26-13-11-17)31(23)20-8-6-19(25)7-9-20/h2-13H,14H2,1H3,(H,28,32)/b27-15-. The summed E-state index contributed by atoms with van der Waals surface area (Å²) in [5, 5.41) is 14.1. The summed E-state index contributed by atoms with van der Waals surface area (Å²) in [5.41, 5.74) is 5.94. The van der Waals surface area contributed by atoms with Crippen molar-refractivity contribution in [1.82, 2.24) is 25.2 Å². The first-order valence-electron chi connectivity index (χ1n) is 9.85. The van der Waals surface area contributed by atoms with Crippen LogP contribution in [0.3, 0.4) is 0 Å². The van der Waals surface area contributed by atoms with Crippen molar-refractivity contribution in [2.24, 2.45) is 5.10 Å². The number of aromatic nitrogens is 4. The van der Waals surface area contributed by atoms with Gasteiger partial charge in [-0.2, -0.15) is 5.10 Å². The van der Waals surface area contributed by atoms with E-state index in [1.165, 1.54) is 11.8 Å².